The molecule has 7 nitrogen and oxygen atoms in total. The van der Waals surface area contributed by atoms with Gasteiger partial charge in [-0.15, -0.1) is 0 Å². The van der Waals surface area contributed by atoms with Gasteiger partial charge in [0.05, 0.1) is 23.3 Å². The first-order chi connectivity index (χ1) is 15.1. The second kappa shape index (κ2) is 10.2. The summed E-state index contributed by atoms with van der Waals surface area (Å²) in [6.07, 6.45) is 6.57. The van der Waals surface area contributed by atoms with Gasteiger partial charge in [0.25, 0.3) is 0 Å². The smallest absolute Gasteiger partial charge is 0.183 e. The molecule has 1 atom stereocenters. The predicted octanol–water partition coefficient (Wildman–Crippen LogP) is 4.10. The third kappa shape index (κ3) is 5.60. The van der Waals surface area contributed by atoms with Crippen molar-refractivity contribution in [1.82, 2.24) is 24.8 Å². The zero-order valence-electron chi connectivity index (χ0n) is 18.6. The molecule has 7 heteroatoms. The molecule has 1 unspecified atom stereocenters. The molecule has 0 amide bonds. The number of H-pyrrole nitrogens is 2. The fourth-order valence-electron chi connectivity index (χ4n) is 4.19. The third-order valence-corrected chi connectivity index (χ3v) is 6.13. The Morgan fingerprint density at radius 3 is 2.84 bits per heavy atom. The highest BCUT2D eigenvalue weighted by atomic mass is 16.5. The van der Waals surface area contributed by atoms with Crippen molar-refractivity contribution in [2.75, 3.05) is 26.7 Å². The lowest BCUT2D eigenvalue weighted by Gasteiger charge is -2.27. The highest BCUT2D eigenvalue weighted by Gasteiger charge is 2.24. The molecule has 4 rings (SSSR count). The van der Waals surface area contributed by atoms with E-state index in [0.29, 0.717) is 31.1 Å². The molecule has 3 aromatic rings. The largest absolute Gasteiger partial charge is 0.377 e. The highest BCUT2D eigenvalue weighted by Crippen LogP contribution is 2.25. The Bertz CT molecular complexity index is 954. The molecule has 1 aliphatic rings. The van der Waals surface area contributed by atoms with Crippen LogP contribution < -0.4 is 0 Å². The molecular weight excluding hydrogens is 390 g/mol. The van der Waals surface area contributed by atoms with Crippen molar-refractivity contribution in [2.24, 2.45) is 0 Å². The van der Waals surface area contributed by atoms with Crippen LogP contribution in [0.25, 0.3) is 11.0 Å². The normalized spacial score (nSPS) is 16.7. The van der Waals surface area contributed by atoms with Gasteiger partial charge in [-0.3, -0.25) is 4.79 Å². The van der Waals surface area contributed by atoms with Crippen molar-refractivity contribution >= 4 is 16.8 Å². The Balaban J connectivity index is 1.41. The summed E-state index contributed by atoms with van der Waals surface area (Å²) in [5, 5.41) is 0. The molecule has 0 radical (unpaired) electrons. The van der Waals surface area contributed by atoms with Crippen LogP contribution in [0.15, 0.2) is 30.5 Å². The molecule has 3 heterocycles. The number of piperidine rings is 1. The summed E-state index contributed by atoms with van der Waals surface area (Å²) in [4.78, 5) is 31.2. The monoisotopic (exact) mass is 423 g/mol. The number of ether oxygens (including phenoxy) is 1. The van der Waals surface area contributed by atoms with Crippen LogP contribution in [-0.2, 0) is 11.2 Å². The van der Waals surface area contributed by atoms with Gasteiger partial charge < -0.3 is 19.6 Å². The van der Waals surface area contributed by atoms with Crippen molar-refractivity contribution in [3.8, 4) is 0 Å². The summed E-state index contributed by atoms with van der Waals surface area (Å²) in [6.45, 7) is 4.93. The number of para-hydroxylation sites is 2. The minimum atomic E-state index is -0.213. The lowest BCUT2D eigenvalue weighted by Crippen LogP contribution is -2.29. The van der Waals surface area contributed by atoms with Crippen LogP contribution in [0, 0.1) is 0 Å². The molecule has 1 saturated heterocycles. The first kappa shape index (κ1) is 21.7. The van der Waals surface area contributed by atoms with E-state index in [4.69, 9.17) is 4.74 Å². The van der Waals surface area contributed by atoms with Gasteiger partial charge in [-0.2, -0.15) is 0 Å². The van der Waals surface area contributed by atoms with Crippen molar-refractivity contribution in [3.63, 3.8) is 0 Å². The average molecular weight is 424 g/mol. The molecule has 0 bridgehead atoms. The summed E-state index contributed by atoms with van der Waals surface area (Å²) < 4.78 is 6.09. The molecule has 2 N–H and O–H groups in total. The van der Waals surface area contributed by atoms with Gasteiger partial charge in [-0.05, 0) is 51.5 Å². The van der Waals surface area contributed by atoms with E-state index in [1.807, 2.05) is 24.3 Å². The minimum Gasteiger partial charge on any atom is -0.377 e. The van der Waals surface area contributed by atoms with E-state index in [-0.39, 0.29) is 11.9 Å². The third-order valence-electron chi connectivity index (χ3n) is 6.13. The van der Waals surface area contributed by atoms with Crippen LogP contribution in [0.1, 0.15) is 67.1 Å². The number of nitrogens with one attached hydrogen (secondary N) is 2. The number of Topliss-reactive ketones (excluding diaryl/α,β-unsaturated/α-hetero) is 1. The molecule has 1 fully saturated rings. The first-order valence-electron chi connectivity index (χ1n) is 11.4. The van der Waals surface area contributed by atoms with Crippen LogP contribution in [0.3, 0.4) is 0 Å². The van der Waals surface area contributed by atoms with E-state index >= 15 is 0 Å². The van der Waals surface area contributed by atoms with Gasteiger partial charge in [0.1, 0.15) is 17.3 Å². The Morgan fingerprint density at radius 2 is 2.06 bits per heavy atom. The standard InChI is InChI=1S/C24H33N5O2/c1-3-4-13-31-18(15-23-26-19-7-5-6-8-20(19)27-23)14-22(30)21-16-25-24(28-21)17-9-11-29(2)12-10-17/h5-8,16-18H,3-4,9-15H2,1-2H3,(H,25,28)(H,26,27). The SMILES string of the molecule is CCCCOC(CC(=O)c1cnc(C2CCN(C)CC2)[nH]1)Cc1nc2ccccc2[nH]1. The lowest BCUT2D eigenvalue weighted by molar-refractivity contribution is 0.0419. The summed E-state index contributed by atoms with van der Waals surface area (Å²) in [5.41, 5.74) is 2.53. The number of nitrogens with zero attached hydrogens (tertiary/aromatic N) is 3. The first-order valence-corrected chi connectivity index (χ1v) is 11.4. The van der Waals surface area contributed by atoms with Gasteiger partial charge in [0, 0.05) is 25.4 Å². The van der Waals surface area contributed by atoms with Gasteiger partial charge >= 0.3 is 0 Å². The van der Waals surface area contributed by atoms with Crippen molar-refractivity contribution in [1.29, 1.82) is 0 Å². The number of likely N-dealkylation sites (tertiary alicyclic amines) is 1. The Hall–Kier alpha value is -2.51. The maximum Gasteiger partial charge on any atom is 0.183 e. The molecule has 0 aliphatic carbocycles. The zero-order valence-corrected chi connectivity index (χ0v) is 18.6. The summed E-state index contributed by atoms with van der Waals surface area (Å²) >= 11 is 0. The van der Waals surface area contributed by atoms with E-state index in [1.165, 1.54) is 0 Å². The number of hydrogen-bond acceptors (Lipinski definition) is 5. The molecule has 31 heavy (non-hydrogen) atoms. The maximum absolute atomic E-state index is 13.0. The number of rotatable bonds is 10. The molecular formula is C24H33N5O2. The number of unbranched alkanes of at least 4 members (excludes halogenated alkanes) is 1. The Morgan fingerprint density at radius 1 is 1.26 bits per heavy atom. The molecule has 0 spiro atoms. The molecule has 1 aromatic carbocycles. The summed E-state index contributed by atoms with van der Waals surface area (Å²) in [6, 6.07) is 7.97. The number of fused-ring (bicyclic) bond motifs is 1. The van der Waals surface area contributed by atoms with Gasteiger partial charge in [-0.1, -0.05) is 25.5 Å². The molecule has 166 valence electrons. The number of aromatic amines is 2. The van der Waals surface area contributed by atoms with Gasteiger partial charge in [0.2, 0.25) is 0 Å². The second-order valence-electron chi connectivity index (χ2n) is 8.64. The van der Waals surface area contributed by atoms with Crippen LogP contribution in [0.4, 0.5) is 0 Å². The molecule has 2 aromatic heterocycles. The number of aromatic nitrogens is 4. The van der Waals surface area contributed by atoms with Gasteiger partial charge in [0.15, 0.2) is 5.78 Å². The van der Waals surface area contributed by atoms with Crippen molar-refractivity contribution in [3.05, 3.63) is 47.8 Å². The topological polar surface area (TPSA) is 86.9 Å². The van der Waals surface area contributed by atoms with E-state index < -0.39 is 0 Å². The Kier molecular flexibility index (Phi) is 7.14. The van der Waals surface area contributed by atoms with Crippen LogP contribution >= 0.6 is 0 Å². The van der Waals surface area contributed by atoms with E-state index in [0.717, 1.165) is 61.5 Å². The molecule has 1 aliphatic heterocycles. The quantitative estimate of drug-likeness (QED) is 0.379. The minimum absolute atomic E-state index is 0.0456. The maximum atomic E-state index is 13.0. The fraction of sp³-hybridized carbons (Fsp3) is 0.542. The van der Waals surface area contributed by atoms with Crippen molar-refractivity contribution in [2.45, 2.75) is 57.5 Å². The number of benzene rings is 1. The number of carbonyl (C=O) groups is 1. The van der Waals surface area contributed by atoms with E-state index in [2.05, 4.69) is 38.8 Å². The van der Waals surface area contributed by atoms with E-state index in [1.54, 1.807) is 6.20 Å². The van der Waals surface area contributed by atoms with E-state index in [9.17, 15) is 4.79 Å². The number of ketones is 1. The van der Waals surface area contributed by atoms with Gasteiger partial charge in [-0.25, -0.2) is 9.97 Å². The van der Waals surface area contributed by atoms with Crippen LogP contribution in [0.2, 0.25) is 0 Å². The summed E-state index contributed by atoms with van der Waals surface area (Å²) in [7, 11) is 2.15. The zero-order chi connectivity index (χ0) is 21.6. The number of carbonyl (C=O) groups excluding carboxylic acids is 1. The second-order valence-corrected chi connectivity index (χ2v) is 8.64. The Labute approximate surface area is 183 Å². The van der Waals surface area contributed by atoms with Crippen LogP contribution in [-0.4, -0.2) is 63.5 Å². The van der Waals surface area contributed by atoms with Crippen LogP contribution in [0.5, 0.6) is 0 Å². The molecule has 0 saturated carbocycles. The lowest BCUT2D eigenvalue weighted by atomic mass is 9.96. The average Bonchev–Trinajstić information content (AvgIpc) is 3.41. The van der Waals surface area contributed by atoms with Crippen molar-refractivity contribution < 1.29 is 9.53 Å². The highest BCUT2D eigenvalue weighted by molar-refractivity contribution is 5.94. The summed E-state index contributed by atoms with van der Waals surface area (Å²) in [5.74, 6) is 2.25. The number of hydrogen-bond donors (Lipinski definition) is 2. The fourth-order valence-corrected chi connectivity index (χ4v) is 4.19. The predicted molar refractivity (Wildman–Crippen MR) is 121 cm³/mol. The number of imidazole rings is 2.